The summed E-state index contributed by atoms with van der Waals surface area (Å²) in [5, 5.41) is 5.63. The molecule has 0 amide bonds. The van der Waals surface area contributed by atoms with Crippen LogP contribution in [0.3, 0.4) is 0 Å². The van der Waals surface area contributed by atoms with Crippen molar-refractivity contribution in [2.75, 3.05) is 0 Å². The van der Waals surface area contributed by atoms with E-state index in [2.05, 4.69) is 168 Å². The average Bonchev–Trinajstić information content (AvgIpc) is 3.79. The number of hydrogen-bond acceptors (Lipinski definition) is 3. The molecule has 4 nitrogen and oxygen atoms in total. The molecule has 252 valence electrons. The van der Waals surface area contributed by atoms with E-state index >= 15 is 0 Å². The van der Waals surface area contributed by atoms with Gasteiger partial charge in [-0.05, 0) is 70.3 Å². The smallest absolute Gasteiger partial charge is 0.235 e. The molecule has 0 aliphatic carbocycles. The quantitative estimate of drug-likeness (QED) is 0.181. The summed E-state index contributed by atoms with van der Waals surface area (Å²) in [6.45, 7) is 0. The molecule has 0 aliphatic rings. The summed E-state index contributed by atoms with van der Waals surface area (Å²) >= 11 is 0. The highest BCUT2D eigenvalue weighted by molar-refractivity contribution is 6.14. The highest BCUT2D eigenvalue weighted by Crippen LogP contribution is 2.40. The van der Waals surface area contributed by atoms with Crippen molar-refractivity contribution in [2.24, 2.45) is 0 Å². The fraction of sp³-hybridized carbons (Fsp3) is 0. The first-order valence-corrected chi connectivity index (χ1v) is 18.2. The third-order valence-electron chi connectivity index (χ3n) is 10.6. The summed E-state index contributed by atoms with van der Waals surface area (Å²) in [5.74, 6) is 0.650. The summed E-state index contributed by atoms with van der Waals surface area (Å²) in [7, 11) is 0. The van der Waals surface area contributed by atoms with E-state index in [1.165, 1.54) is 0 Å². The molecule has 3 heterocycles. The molecule has 4 heteroatoms. The monoisotopic (exact) mass is 689 g/mol. The summed E-state index contributed by atoms with van der Waals surface area (Å²) in [6, 6.07) is 66.2. The van der Waals surface area contributed by atoms with Crippen LogP contribution >= 0.6 is 0 Å². The Hall–Kier alpha value is -7.30. The second-order valence-corrected chi connectivity index (χ2v) is 13.8. The van der Waals surface area contributed by atoms with Crippen LogP contribution in [-0.2, 0) is 0 Å². The Morgan fingerprint density at radius 1 is 0.370 bits per heavy atom. The minimum Gasteiger partial charge on any atom is -0.456 e. The number of benzene rings is 8. The molecular weight excluding hydrogens is 659 g/mol. The van der Waals surface area contributed by atoms with Crippen molar-refractivity contribution in [2.45, 2.75) is 0 Å². The van der Waals surface area contributed by atoms with Gasteiger partial charge in [-0.15, -0.1) is 0 Å². The summed E-state index contributed by atoms with van der Waals surface area (Å²) in [5.41, 5.74) is 13.7. The maximum atomic E-state index is 6.23. The second-order valence-electron chi connectivity index (χ2n) is 13.8. The van der Waals surface area contributed by atoms with Crippen LogP contribution in [0.4, 0.5) is 0 Å². The molecule has 0 fully saturated rings. The van der Waals surface area contributed by atoms with Crippen molar-refractivity contribution < 1.29 is 4.42 Å². The van der Waals surface area contributed by atoms with Crippen molar-refractivity contribution in [3.63, 3.8) is 0 Å². The Balaban J connectivity index is 1.07. The van der Waals surface area contributed by atoms with Gasteiger partial charge in [-0.1, -0.05) is 146 Å². The molecule has 11 rings (SSSR count). The van der Waals surface area contributed by atoms with Crippen LogP contribution in [0.5, 0.6) is 0 Å². The van der Waals surface area contributed by atoms with Crippen LogP contribution in [0, 0.1) is 0 Å². The zero-order chi connectivity index (χ0) is 35.6. The Morgan fingerprint density at radius 3 is 1.80 bits per heavy atom. The van der Waals surface area contributed by atoms with E-state index in [9.17, 15) is 0 Å². The predicted octanol–water partition coefficient (Wildman–Crippen LogP) is 13.3. The lowest BCUT2D eigenvalue weighted by Crippen LogP contribution is -2.04. The molecule has 3 aromatic heterocycles. The number of rotatable bonds is 5. The first-order valence-electron chi connectivity index (χ1n) is 18.2. The van der Waals surface area contributed by atoms with Crippen molar-refractivity contribution in [1.29, 1.82) is 0 Å². The largest absolute Gasteiger partial charge is 0.456 e. The zero-order valence-electron chi connectivity index (χ0n) is 29.1. The topological polar surface area (TPSA) is 43.9 Å². The first kappa shape index (κ1) is 30.3. The van der Waals surface area contributed by atoms with Crippen molar-refractivity contribution >= 4 is 54.6 Å². The number of furan rings is 1. The molecular formula is C50H31N3O. The van der Waals surface area contributed by atoms with Gasteiger partial charge in [-0.2, -0.15) is 0 Å². The molecule has 0 aliphatic heterocycles. The van der Waals surface area contributed by atoms with Gasteiger partial charge in [-0.25, -0.2) is 9.97 Å². The van der Waals surface area contributed by atoms with Gasteiger partial charge in [0.05, 0.1) is 22.2 Å². The van der Waals surface area contributed by atoms with Crippen LogP contribution in [0.2, 0.25) is 0 Å². The first-order chi connectivity index (χ1) is 26.8. The van der Waals surface area contributed by atoms with Crippen LogP contribution in [0.15, 0.2) is 192 Å². The number of aromatic nitrogens is 3. The Morgan fingerprint density at radius 2 is 0.963 bits per heavy atom. The fourth-order valence-electron chi connectivity index (χ4n) is 8.09. The van der Waals surface area contributed by atoms with Crippen LogP contribution in [0.25, 0.3) is 105 Å². The van der Waals surface area contributed by atoms with Crippen LogP contribution in [0.1, 0.15) is 0 Å². The Labute approximate surface area is 311 Å². The van der Waals surface area contributed by atoms with E-state index in [4.69, 9.17) is 14.4 Å². The van der Waals surface area contributed by atoms with Gasteiger partial charge in [0.15, 0.2) is 0 Å². The van der Waals surface area contributed by atoms with Gasteiger partial charge in [0.1, 0.15) is 11.2 Å². The molecule has 0 saturated heterocycles. The summed E-state index contributed by atoms with van der Waals surface area (Å²) in [6.07, 6.45) is 0. The number of nitrogens with zero attached hydrogens (tertiary/aromatic N) is 3. The van der Waals surface area contributed by atoms with E-state index in [1.54, 1.807) is 0 Å². The normalized spacial score (nSPS) is 11.7. The van der Waals surface area contributed by atoms with E-state index in [1.807, 2.05) is 24.3 Å². The van der Waals surface area contributed by atoms with Gasteiger partial charge < -0.3 is 4.42 Å². The van der Waals surface area contributed by atoms with Crippen molar-refractivity contribution in [3.05, 3.63) is 188 Å². The zero-order valence-corrected chi connectivity index (χ0v) is 29.1. The van der Waals surface area contributed by atoms with E-state index in [-0.39, 0.29) is 0 Å². The second kappa shape index (κ2) is 12.1. The van der Waals surface area contributed by atoms with Gasteiger partial charge >= 0.3 is 0 Å². The summed E-state index contributed by atoms with van der Waals surface area (Å²) < 4.78 is 8.48. The summed E-state index contributed by atoms with van der Waals surface area (Å²) in [4.78, 5) is 10.5. The molecule has 11 aromatic rings. The SMILES string of the molecule is c1ccc(-c2nc(-n3c4ccccc4c4cccc(-c5cccc(-c6cccc(-c7ccc8c(c7)oc7ccccc78)c6)c5)c43)nc3ccccc23)cc1. The highest BCUT2D eigenvalue weighted by atomic mass is 16.3. The minimum atomic E-state index is 0.650. The Bertz CT molecular complexity index is 3230. The van der Waals surface area contributed by atoms with E-state index < -0.39 is 0 Å². The Kier molecular flexibility index (Phi) is 6.82. The third-order valence-corrected chi connectivity index (χ3v) is 10.6. The van der Waals surface area contributed by atoms with Gasteiger partial charge in [-0.3, -0.25) is 4.57 Å². The predicted molar refractivity (Wildman–Crippen MR) is 223 cm³/mol. The van der Waals surface area contributed by atoms with Crippen molar-refractivity contribution in [3.8, 4) is 50.6 Å². The maximum absolute atomic E-state index is 6.23. The molecule has 0 unspecified atom stereocenters. The third kappa shape index (κ3) is 4.85. The molecule has 0 saturated carbocycles. The number of fused-ring (bicyclic) bond motifs is 7. The maximum Gasteiger partial charge on any atom is 0.235 e. The standard InChI is InChI=1S/C50H31N3O/c1-2-13-32(14-3-1)48-43-21-4-7-24-44(43)51-50(52-48)53-45-25-8-5-19-39(45)42-23-12-22-38(49(42)53)37-18-11-17-35(30-37)33-15-10-16-34(29-33)36-27-28-41-40-20-6-9-26-46(40)54-47(41)31-36/h1-31H. The fourth-order valence-corrected chi connectivity index (χ4v) is 8.09. The molecule has 0 spiro atoms. The van der Waals surface area contributed by atoms with Crippen LogP contribution < -0.4 is 0 Å². The van der Waals surface area contributed by atoms with E-state index in [0.717, 1.165) is 99.3 Å². The minimum absolute atomic E-state index is 0.650. The van der Waals surface area contributed by atoms with Gasteiger partial charge in [0.25, 0.3) is 0 Å². The van der Waals surface area contributed by atoms with Crippen molar-refractivity contribution in [1.82, 2.24) is 14.5 Å². The lowest BCUT2D eigenvalue weighted by Gasteiger charge is -2.14. The number of para-hydroxylation sites is 4. The lowest BCUT2D eigenvalue weighted by atomic mass is 9.95. The highest BCUT2D eigenvalue weighted by Gasteiger charge is 2.20. The molecule has 0 N–H and O–H groups in total. The molecule has 0 radical (unpaired) electrons. The lowest BCUT2D eigenvalue weighted by molar-refractivity contribution is 0.669. The molecule has 0 bridgehead atoms. The number of hydrogen-bond donors (Lipinski definition) is 0. The van der Waals surface area contributed by atoms with Gasteiger partial charge in [0.2, 0.25) is 5.95 Å². The molecule has 8 aromatic carbocycles. The van der Waals surface area contributed by atoms with Gasteiger partial charge in [0, 0.05) is 38.1 Å². The van der Waals surface area contributed by atoms with E-state index in [0.29, 0.717) is 5.95 Å². The van der Waals surface area contributed by atoms with Crippen LogP contribution in [-0.4, -0.2) is 14.5 Å². The molecule has 54 heavy (non-hydrogen) atoms. The average molecular weight is 690 g/mol. The molecule has 0 atom stereocenters.